The van der Waals surface area contributed by atoms with Crippen LogP contribution in [0.1, 0.15) is 127 Å². The highest BCUT2D eigenvalue weighted by atomic mass is 19.1. The number of nitrogens with one attached hydrogen (secondary N) is 6. The number of esters is 2. The van der Waals surface area contributed by atoms with E-state index in [1.54, 1.807) is 24.3 Å². The van der Waals surface area contributed by atoms with Gasteiger partial charge in [0.25, 0.3) is 0 Å². The van der Waals surface area contributed by atoms with Gasteiger partial charge in [0.2, 0.25) is 70.9 Å². The van der Waals surface area contributed by atoms with Crippen molar-refractivity contribution in [2.75, 3.05) is 40.3 Å². The molecule has 598 valence electrons. The van der Waals surface area contributed by atoms with E-state index in [-0.39, 0.29) is 94.6 Å². The molecule has 0 spiro atoms. The maximum Gasteiger partial charge on any atom is 0.329 e. The standard InChI is InChI=1S/C40H50F2N6O8.C39H48F2N6O8/c1-21-9-11-26(12-10-21)18-33(49)44-30(17-27-15-28(41)19-29(42)16-27)36(51)45-34-25(5)56-40(55)32-14-22(2)20-48(32)37(52)23(3)43-35(50)24(4)46(6)38(53)31-8-7-13-47(31)39(34)54;1-21-10-12-25(13-11-21)19-32(48)43-29(18-26-16-27(40)20-28(41)17-26)35(50)44-33-24(4)55-39(54)31-9-7-15-47(31)36(51)22(2)42-34(49)23(3)45(5)37(52)30-8-6-14-46(30)38(33)53/h9-12,15-16,19,22-25,30-32,34H,7-8,13-14,17-18,20H2,1-6H3,(H,43,50)(H,44,49)(H,45,51);10-13,16-17,20,22-24,29-31,33H,6-9,14-15,18-19H2,1-5H3,(H,42,49)(H,43,48)(H,44,50)/t22-,23-,24-,25-,30-,31-,32?,34-;22-,23-,24-,29-,30-,31?,33-/m00/s1. The highest BCUT2D eigenvalue weighted by molar-refractivity contribution is 6.00. The summed E-state index contributed by atoms with van der Waals surface area (Å²) in [6.07, 6.45) is -1.45. The summed E-state index contributed by atoms with van der Waals surface area (Å²) in [5.41, 5.74) is 3.31. The van der Waals surface area contributed by atoms with E-state index in [0.717, 1.165) is 35.4 Å². The number of benzene rings is 4. The molecule has 6 aliphatic rings. The zero-order chi connectivity index (χ0) is 81.1. The number of amides is 12. The molecule has 4 aromatic rings. The molecule has 6 saturated heterocycles. The summed E-state index contributed by atoms with van der Waals surface area (Å²) in [7, 11) is 2.84. The predicted molar refractivity (Wildman–Crippen MR) is 392 cm³/mol. The van der Waals surface area contributed by atoms with Crippen molar-refractivity contribution in [3.05, 3.63) is 142 Å². The summed E-state index contributed by atoms with van der Waals surface area (Å²) in [5, 5.41) is 15.8. The normalized spacial score (nSPS) is 26.4. The molecular formula is C79H98F4N12O16. The van der Waals surface area contributed by atoms with Gasteiger partial charge in [0.1, 0.15) is 108 Å². The van der Waals surface area contributed by atoms with E-state index in [0.29, 0.717) is 42.5 Å². The maximum absolute atomic E-state index is 14.5. The van der Waals surface area contributed by atoms with Crippen molar-refractivity contribution in [3.63, 3.8) is 0 Å². The number of hydrogen-bond acceptors (Lipinski definition) is 16. The second kappa shape index (κ2) is 36.8. The lowest BCUT2D eigenvalue weighted by atomic mass is 10.0. The zero-order valence-electron chi connectivity index (χ0n) is 64.1. The van der Waals surface area contributed by atoms with E-state index in [9.17, 15) is 84.7 Å². The first-order valence-corrected chi connectivity index (χ1v) is 37.4. The molecule has 12 amide bonds. The minimum absolute atomic E-state index is 0.0443. The second-order valence-electron chi connectivity index (χ2n) is 29.9. The number of carbonyl (C=O) groups excluding carboxylic acids is 14. The summed E-state index contributed by atoms with van der Waals surface area (Å²) in [6, 6.07) is 5.24. The Morgan fingerprint density at radius 3 is 1.17 bits per heavy atom. The van der Waals surface area contributed by atoms with Gasteiger partial charge in [0, 0.05) is 65.2 Å². The predicted octanol–water partition coefficient (Wildman–Crippen LogP) is 2.86. The molecule has 0 radical (unpaired) electrons. The van der Waals surface area contributed by atoms with Gasteiger partial charge in [-0.05, 0) is 153 Å². The lowest BCUT2D eigenvalue weighted by molar-refractivity contribution is -0.163. The molecule has 10 rings (SSSR count). The Morgan fingerprint density at radius 1 is 0.450 bits per heavy atom. The number of carbonyl (C=O) groups is 14. The van der Waals surface area contributed by atoms with Gasteiger partial charge in [-0.2, -0.15) is 0 Å². The number of halogens is 4. The van der Waals surface area contributed by atoms with Crippen LogP contribution in [0.15, 0.2) is 84.9 Å². The molecule has 6 fully saturated rings. The van der Waals surface area contributed by atoms with Crippen LogP contribution in [0.25, 0.3) is 0 Å². The summed E-state index contributed by atoms with van der Waals surface area (Å²) >= 11 is 0. The Labute approximate surface area is 641 Å². The molecule has 32 heteroatoms. The number of aryl methyl sites for hydroxylation is 2. The van der Waals surface area contributed by atoms with Crippen LogP contribution in [-0.2, 0) is 102 Å². The molecule has 6 aliphatic heterocycles. The van der Waals surface area contributed by atoms with E-state index >= 15 is 0 Å². The third-order valence-electron chi connectivity index (χ3n) is 21.3. The van der Waals surface area contributed by atoms with Crippen LogP contribution in [-0.4, -0.2) is 237 Å². The molecule has 4 aromatic carbocycles. The molecule has 6 N–H and O–H groups in total. The van der Waals surface area contributed by atoms with Gasteiger partial charge in [0.05, 0.1) is 12.8 Å². The van der Waals surface area contributed by atoms with Gasteiger partial charge in [-0.3, -0.25) is 57.5 Å². The van der Waals surface area contributed by atoms with Crippen molar-refractivity contribution >= 4 is 82.8 Å². The summed E-state index contributed by atoms with van der Waals surface area (Å²) in [5.74, 6) is -13.3. The Morgan fingerprint density at radius 2 is 0.793 bits per heavy atom. The third kappa shape index (κ3) is 21.0. The van der Waals surface area contributed by atoms with Gasteiger partial charge in [-0.15, -0.1) is 0 Å². The fourth-order valence-corrected chi connectivity index (χ4v) is 14.8. The Hall–Kier alpha value is -10.8. The fraction of sp³-hybridized carbons (Fsp3) is 0.519. The van der Waals surface area contributed by atoms with Crippen molar-refractivity contribution in [1.29, 1.82) is 0 Å². The Balaban J connectivity index is 0.000000255. The molecule has 15 atom stereocenters. The number of hydrogen-bond donors (Lipinski definition) is 6. The first kappa shape index (κ1) is 84.2. The van der Waals surface area contributed by atoms with E-state index in [4.69, 9.17) is 9.47 Å². The topological polar surface area (TPSA) is 349 Å². The zero-order valence-corrected chi connectivity index (χ0v) is 64.1. The van der Waals surface area contributed by atoms with Crippen LogP contribution in [0.3, 0.4) is 0 Å². The first-order chi connectivity index (χ1) is 52.5. The van der Waals surface area contributed by atoms with Crippen LogP contribution >= 0.6 is 0 Å². The molecule has 2 unspecified atom stereocenters. The molecule has 0 bridgehead atoms. The van der Waals surface area contributed by atoms with Crippen molar-refractivity contribution in [2.24, 2.45) is 5.92 Å². The number of rotatable bonds is 14. The second-order valence-corrected chi connectivity index (χ2v) is 29.9. The van der Waals surface area contributed by atoms with Gasteiger partial charge in [0.15, 0.2) is 0 Å². The lowest BCUT2D eigenvalue weighted by Gasteiger charge is -2.36. The highest BCUT2D eigenvalue weighted by Crippen LogP contribution is 2.30. The van der Waals surface area contributed by atoms with Crippen molar-refractivity contribution in [2.45, 2.75) is 218 Å². The minimum atomic E-state index is -1.61. The minimum Gasteiger partial charge on any atom is -0.458 e. The van der Waals surface area contributed by atoms with Crippen LogP contribution in [0.5, 0.6) is 0 Å². The van der Waals surface area contributed by atoms with Crippen LogP contribution in [0, 0.1) is 43.0 Å². The average Bonchev–Trinajstić information content (AvgIpc) is 1.74. The van der Waals surface area contributed by atoms with Crippen molar-refractivity contribution in [1.82, 2.24) is 61.3 Å². The molecule has 28 nitrogen and oxygen atoms in total. The molecule has 111 heavy (non-hydrogen) atoms. The average molecular weight is 1550 g/mol. The fourth-order valence-electron chi connectivity index (χ4n) is 14.8. The smallest absolute Gasteiger partial charge is 0.329 e. The van der Waals surface area contributed by atoms with E-state index in [1.165, 1.54) is 85.0 Å². The monoisotopic (exact) mass is 1550 g/mol. The molecule has 0 aliphatic carbocycles. The van der Waals surface area contributed by atoms with Crippen molar-refractivity contribution < 1.29 is 94.2 Å². The van der Waals surface area contributed by atoms with Crippen LogP contribution in [0.4, 0.5) is 17.6 Å². The van der Waals surface area contributed by atoms with Gasteiger partial charge < -0.3 is 70.8 Å². The summed E-state index contributed by atoms with van der Waals surface area (Å²) in [4.78, 5) is 200. The number of ether oxygens (including phenoxy) is 2. The number of cyclic esters (lactones) is 2. The van der Waals surface area contributed by atoms with E-state index < -0.39 is 191 Å². The first-order valence-electron chi connectivity index (χ1n) is 37.4. The number of nitrogens with zero attached hydrogens (tertiary/aromatic N) is 6. The Kier molecular flexibility index (Phi) is 27.9. The van der Waals surface area contributed by atoms with E-state index in [1.807, 2.05) is 45.0 Å². The van der Waals surface area contributed by atoms with Crippen LogP contribution in [0.2, 0.25) is 0 Å². The maximum atomic E-state index is 14.5. The van der Waals surface area contributed by atoms with Gasteiger partial charge in [-0.25, -0.2) is 27.2 Å². The molecular weight excluding hydrogens is 1450 g/mol. The Bertz CT molecular complexity index is 4170. The molecule has 0 aromatic heterocycles. The van der Waals surface area contributed by atoms with Gasteiger partial charge in [-0.1, -0.05) is 66.6 Å². The third-order valence-corrected chi connectivity index (χ3v) is 21.3. The molecule has 0 saturated carbocycles. The molecule has 6 heterocycles. The van der Waals surface area contributed by atoms with Gasteiger partial charge >= 0.3 is 11.9 Å². The number of likely N-dealkylation sites (N-methyl/N-ethyl adjacent to an activating group) is 2. The SMILES string of the molecule is Cc1ccc(CC(=O)N[C@@H](Cc2cc(F)cc(F)c2)C(=O)N[C@@H]2C(=O)N3CCC[C@H]3C(=O)N(C)[C@@H](C)C(=O)N[C@@H](C)C(=O)N3CCCC3C(=O)O[C@H]2C)cc1.Cc1ccc(CC(=O)N[C@@H](Cc2cc(F)cc(F)c2)C(=O)N[C@@H]2C(=O)N3CCC[C@H]3C(=O)N(C)[C@@H](C)C(=O)N[C@@H](C)C(=O)N3C[C@@H](C)CC3C(=O)O[C@H]2C)cc1. The lowest BCUT2D eigenvalue weighted by Crippen LogP contribution is -2.62. The van der Waals surface area contributed by atoms with E-state index in [2.05, 4.69) is 31.9 Å². The highest BCUT2D eigenvalue weighted by Gasteiger charge is 2.49. The van der Waals surface area contributed by atoms with Crippen molar-refractivity contribution in [3.8, 4) is 0 Å². The summed E-state index contributed by atoms with van der Waals surface area (Å²) < 4.78 is 68.7. The quantitative estimate of drug-likeness (QED) is 0.0781. The number of fused-ring (bicyclic) bond motifs is 4. The summed E-state index contributed by atoms with van der Waals surface area (Å²) in [6.45, 7) is 15.0. The largest absolute Gasteiger partial charge is 0.458 e. The van der Waals surface area contributed by atoms with Crippen LogP contribution < -0.4 is 31.9 Å².